The van der Waals surface area contributed by atoms with Crippen molar-refractivity contribution >= 4 is 58.0 Å². The Morgan fingerprint density at radius 2 is 1.86 bits per heavy atom. The molecule has 66 heavy (non-hydrogen) atoms. The molecule has 2 saturated heterocycles. The summed E-state index contributed by atoms with van der Waals surface area (Å²) in [6.07, 6.45) is 3.60. The Hall–Kier alpha value is -5.00. The number of aryl methyl sites for hydroxylation is 1. The van der Waals surface area contributed by atoms with Crippen molar-refractivity contribution in [2.45, 2.75) is 118 Å². The number of ether oxygens (including phenoxy) is 3. The number of carbonyl (C=O) groups is 5. The minimum absolute atomic E-state index is 0.0888. The average molecular weight is 931 g/mol. The molecule has 17 heteroatoms. The van der Waals surface area contributed by atoms with E-state index in [1.54, 1.807) is 37.1 Å². The number of carbonyl (C=O) groups excluding carboxylic acids is 5. The fourth-order valence-electron chi connectivity index (χ4n) is 9.85. The van der Waals surface area contributed by atoms with E-state index in [1.165, 1.54) is 16.9 Å². The summed E-state index contributed by atoms with van der Waals surface area (Å²) in [7, 11) is 4.63. The number of aliphatic imine (C=N–C) groups is 1. The summed E-state index contributed by atoms with van der Waals surface area (Å²) >= 11 is 1.58. The second kappa shape index (κ2) is 21.7. The third-order valence-corrected chi connectivity index (χ3v) is 14.4. The van der Waals surface area contributed by atoms with Crippen LogP contribution in [0.25, 0.3) is 22.2 Å². The normalized spacial score (nSPS) is 21.4. The first-order chi connectivity index (χ1) is 31.4. The van der Waals surface area contributed by atoms with Gasteiger partial charge in [0.15, 0.2) is 0 Å². The van der Waals surface area contributed by atoms with Gasteiger partial charge in [0.25, 0.3) is 12.4 Å². The van der Waals surface area contributed by atoms with Crippen LogP contribution in [0.4, 0.5) is 4.79 Å². The zero-order valence-corrected chi connectivity index (χ0v) is 41.4. The van der Waals surface area contributed by atoms with Crippen LogP contribution in [-0.4, -0.2) is 131 Å². The van der Waals surface area contributed by atoms with Crippen molar-refractivity contribution in [3.05, 3.63) is 53.3 Å². The van der Waals surface area contributed by atoms with Crippen LogP contribution in [0.1, 0.15) is 104 Å². The molecule has 4 amide bonds. The average Bonchev–Trinajstić information content (AvgIpc) is 4.02. The number of hydrogen-bond donors (Lipinski definition) is 2. The smallest absolute Gasteiger partial charge is 0.409 e. The number of aromatic nitrogens is 2. The third kappa shape index (κ3) is 11.1. The van der Waals surface area contributed by atoms with Gasteiger partial charge >= 0.3 is 6.09 Å². The number of rotatable bonds is 18. The SMILES string of the molecule is CCn1c(-c2cccnc2[C@H](C)OC)c(CC(C)(C)COC=O)c2cc(C3CSC(C[C@H](NC(=O)[C@H](C(C)C)N(C)C(=O)[C@@H]4CN(C(=O)OC)C[C@@H]4C)C(=O)N4CCC[C@@H](C)N4)=N3)ccc21. The number of benzene rings is 1. The highest BCUT2D eigenvalue weighted by Gasteiger charge is 2.43. The first kappa shape index (κ1) is 50.4. The summed E-state index contributed by atoms with van der Waals surface area (Å²) in [5, 5.41) is 6.54. The number of hydrogen-bond acceptors (Lipinski definition) is 12. The molecule has 16 nitrogen and oxygen atoms in total. The minimum atomic E-state index is -0.945. The van der Waals surface area contributed by atoms with Gasteiger partial charge in [-0.15, -0.1) is 11.8 Å². The molecule has 1 unspecified atom stereocenters. The fourth-order valence-corrected chi connectivity index (χ4v) is 11.0. The number of pyridine rings is 1. The van der Waals surface area contributed by atoms with Gasteiger partial charge in [0, 0.05) is 86.6 Å². The van der Waals surface area contributed by atoms with E-state index in [0.29, 0.717) is 38.3 Å². The summed E-state index contributed by atoms with van der Waals surface area (Å²) in [4.78, 5) is 79.6. The maximum absolute atomic E-state index is 14.4. The van der Waals surface area contributed by atoms with E-state index in [4.69, 9.17) is 24.2 Å². The van der Waals surface area contributed by atoms with Gasteiger partial charge < -0.3 is 33.9 Å². The van der Waals surface area contributed by atoms with Gasteiger partial charge in [-0.3, -0.25) is 34.2 Å². The second-order valence-electron chi connectivity index (χ2n) is 19.3. The van der Waals surface area contributed by atoms with E-state index < -0.39 is 35.4 Å². The Labute approximate surface area is 393 Å². The Kier molecular flexibility index (Phi) is 16.6. The van der Waals surface area contributed by atoms with Crippen LogP contribution < -0.4 is 10.7 Å². The molecule has 2 aromatic heterocycles. The highest BCUT2D eigenvalue weighted by molar-refractivity contribution is 8.14. The summed E-state index contributed by atoms with van der Waals surface area (Å²) in [5.74, 6) is -1.18. The van der Waals surface area contributed by atoms with Crippen molar-refractivity contribution in [1.82, 2.24) is 35.1 Å². The number of hydrazine groups is 1. The van der Waals surface area contributed by atoms with Crippen molar-refractivity contribution in [1.29, 1.82) is 0 Å². The lowest BCUT2D eigenvalue weighted by molar-refractivity contribution is -0.146. The number of amides is 4. The van der Waals surface area contributed by atoms with E-state index in [9.17, 15) is 24.0 Å². The Morgan fingerprint density at radius 3 is 2.53 bits per heavy atom. The molecule has 2 N–H and O–H groups in total. The molecular weight excluding hydrogens is 861 g/mol. The molecule has 1 aromatic carbocycles. The summed E-state index contributed by atoms with van der Waals surface area (Å²) < 4.78 is 18.4. The lowest BCUT2D eigenvalue weighted by Crippen LogP contribution is -2.60. The number of thioether (sulfide) groups is 1. The zero-order valence-electron chi connectivity index (χ0n) is 40.6. The van der Waals surface area contributed by atoms with Gasteiger partial charge in [-0.05, 0) is 87.3 Å². The molecule has 0 saturated carbocycles. The molecule has 3 aromatic rings. The second-order valence-corrected chi connectivity index (χ2v) is 20.4. The maximum Gasteiger partial charge on any atom is 0.409 e. The number of fused-ring (bicyclic) bond motifs is 1. The van der Waals surface area contributed by atoms with Crippen molar-refractivity contribution in [3.63, 3.8) is 0 Å². The van der Waals surface area contributed by atoms with Crippen LogP contribution in [-0.2, 0) is 46.4 Å². The molecular formula is C49H70N8O8S. The summed E-state index contributed by atoms with van der Waals surface area (Å²) in [6.45, 7) is 18.6. The molecule has 0 radical (unpaired) electrons. The van der Waals surface area contributed by atoms with E-state index >= 15 is 0 Å². The molecule has 5 heterocycles. The van der Waals surface area contributed by atoms with Crippen molar-refractivity contribution in [2.24, 2.45) is 28.2 Å². The minimum Gasteiger partial charge on any atom is -0.467 e. The highest BCUT2D eigenvalue weighted by atomic mass is 32.2. The van der Waals surface area contributed by atoms with Crippen LogP contribution in [0.15, 0.2) is 41.5 Å². The van der Waals surface area contributed by atoms with E-state index in [2.05, 4.69) is 60.3 Å². The zero-order chi connectivity index (χ0) is 48.0. The van der Waals surface area contributed by atoms with Gasteiger partial charge in [-0.1, -0.05) is 40.7 Å². The van der Waals surface area contributed by atoms with Gasteiger partial charge in [0.05, 0.1) is 48.2 Å². The van der Waals surface area contributed by atoms with Crippen LogP contribution in [0.3, 0.4) is 0 Å². The molecule has 3 aliphatic heterocycles. The molecule has 2 fully saturated rings. The van der Waals surface area contributed by atoms with Crippen LogP contribution in [0.2, 0.25) is 0 Å². The summed E-state index contributed by atoms with van der Waals surface area (Å²) in [6, 6.07) is 8.60. The van der Waals surface area contributed by atoms with Gasteiger partial charge in [0.1, 0.15) is 12.1 Å². The number of nitrogens with one attached hydrogen (secondary N) is 2. The largest absolute Gasteiger partial charge is 0.467 e. The van der Waals surface area contributed by atoms with Crippen molar-refractivity contribution in [2.75, 3.05) is 53.3 Å². The van der Waals surface area contributed by atoms with Crippen LogP contribution in [0.5, 0.6) is 0 Å². The van der Waals surface area contributed by atoms with Crippen LogP contribution in [0, 0.1) is 23.2 Å². The van der Waals surface area contributed by atoms with Gasteiger partial charge in [-0.25, -0.2) is 10.2 Å². The standard InChI is InChI=1S/C49H70N8O8S/c1-12-56-40-18-17-33(21-35(40)36(23-49(7,8)27-65-28-58)44(56)34-16-13-19-50-42(34)32(6)63-10)39-26-66-41(51-39)22-38(47(61)57-20-14-15-31(5)53-57)52-45(59)43(29(2)3)54(9)46(60)37-25-55(24-30(37)4)48(62)64-11/h13,16-19,21,28-32,37-39,43,53H,12,14-15,20,22-27H2,1-11H3,(H,52,59)/t30-,31+,32-,37+,38-,39?,43-/m0/s1. The Balaban J connectivity index is 1.32. The third-order valence-electron chi connectivity index (χ3n) is 13.3. The first-order valence-corrected chi connectivity index (χ1v) is 24.3. The molecule has 0 aliphatic carbocycles. The summed E-state index contributed by atoms with van der Waals surface area (Å²) in [5.41, 5.74) is 8.98. The monoisotopic (exact) mass is 931 g/mol. The maximum atomic E-state index is 14.4. The van der Waals surface area contributed by atoms with Crippen molar-refractivity contribution < 1.29 is 38.2 Å². The van der Waals surface area contributed by atoms with Gasteiger partial charge in [0.2, 0.25) is 11.8 Å². The molecule has 7 atom stereocenters. The quantitative estimate of drug-likeness (QED) is 0.132. The first-order valence-electron chi connectivity index (χ1n) is 23.3. The lowest BCUT2D eigenvalue weighted by atomic mass is 9.84. The molecule has 6 rings (SSSR count). The number of likely N-dealkylation sites (tertiary alicyclic amines) is 1. The number of likely N-dealkylation sites (N-methyl/N-ethyl adjacent to an activating group) is 1. The number of nitrogens with zero attached hydrogens (tertiary/aromatic N) is 6. The predicted molar refractivity (Wildman–Crippen MR) is 257 cm³/mol. The molecule has 0 bridgehead atoms. The topological polar surface area (TPSA) is 177 Å². The van der Waals surface area contributed by atoms with E-state index in [1.807, 2.05) is 40.7 Å². The number of methoxy groups -OCH3 is 2. The van der Waals surface area contributed by atoms with E-state index in [-0.39, 0.29) is 61.4 Å². The molecule has 0 spiro atoms. The Bertz CT molecular complexity index is 2280. The van der Waals surface area contributed by atoms with Gasteiger partial charge in [-0.2, -0.15) is 0 Å². The van der Waals surface area contributed by atoms with E-state index in [0.717, 1.165) is 56.9 Å². The predicted octanol–water partition coefficient (Wildman–Crippen LogP) is 6.57. The lowest BCUT2D eigenvalue weighted by Gasteiger charge is -2.36. The highest BCUT2D eigenvalue weighted by Crippen LogP contribution is 2.42. The molecule has 3 aliphatic rings. The van der Waals surface area contributed by atoms with Crippen molar-refractivity contribution in [3.8, 4) is 11.3 Å². The fraction of sp³-hybridized carbons (Fsp3) is 0.612. The molecule has 360 valence electrons. The van der Waals surface area contributed by atoms with Crippen LogP contribution >= 0.6 is 11.8 Å². The Morgan fingerprint density at radius 1 is 1.11 bits per heavy atom.